The first kappa shape index (κ1) is 14.3. The predicted octanol–water partition coefficient (Wildman–Crippen LogP) is 5.30. The normalized spacial score (nSPS) is 12.7. The second kappa shape index (κ2) is 6.42. The van der Waals surface area contributed by atoms with Crippen LogP contribution >= 0.6 is 11.3 Å². The molecule has 0 saturated heterocycles. The van der Waals surface area contributed by atoms with E-state index in [-0.39, 0.29) is 0 Å². The van der Waals surface area contributed by atoms with Crippen molar-refractivity contribution in [3.63, 3.8) is 0 Å². The Hall–Kier alpha value is -1.64. The summed E-state index contributed by atoms with van der Waals surface area (Å²) in [6.45, 7) is 5.46. The van der Waals surface area contributed by atoms with Crippen molar-refractivity contribution in [1.29, 1.82) is 0 Å². The molecule has 108 valence electrons. The molecule has 0 aliphatic rings. The fourth-order valence-corrected chi connectivity index (χ4v) is 3.52. The molecule has 0 fully saturated rings. The maximum Gasteiger partial charge on any atom is 0.0587 e. The third kappa shape index (κ3) is 3.02. The molecule has 1 heterocycles. The Kier molecular flexibility index (Phi) is 4.37. The summed E-state index contributed by atoms with van der Waals surface area (Å²) in [5.41, 5.74) is 2.76. The SMILES string of the molecule is CCCNC(c1ccc2ccccc2c1)c1ccsc1C. The lowest BCUT2D eigenvalue weighted by molar-refractivity contribution is 0.598. The number of benzene rings is 2. The van der Waals surface area contributed by atoms with Crippen molar-refractivity contribution in [2.75, 3.05) is 6.54 Å². The molecule has 1 aromatic heterocycles. The lowest BCUT2D eigenvalue weighted by Crippen LogP contribution is -2.23. The summed E-state index contributed by atoms with van der Waals surface area (Å²) in [5, 5.41) is 8.50. The molecule has 0 amide bonds. The largest absolute Gasteiger partial charge is 0.306 e. The molecular formula is C19H21NS. The van der Waals surface area contributed by atoms with Gasteiger partial charge in [-0.05, 0) is 59.3 Å². The van der Waals surface area contributed by atoms with Crippen molar-refractivity contribution >= 4 is 22.1 Å². The van der Waals surface area contributed by atoms with E-state index in [1.807, 2.05) is 11.3 Å². The van der Waals surface area contributed by atoms with Crippen molar-refractivity contribution in [1.82, 2.24) is 5.32 Å². The molecule has 1 nitrogen and oxygen atoms in total. The van der Waals surface area contributed by atoms with E-state index < -0.39 is 0 Å². The lowest BCUT2D eigenvalue weighted by atomic mass is 9.96. The van der Waals surface area contributed by atoms with Gasteiger partial charge in [0, 0.05) is 4.88 Å². The van der Waals surface area contributed by atoms with Crippen LogP contribution in [0, 0.1) is 6.92 Å². The number of fused-ring (bicyclic) bond motifs is 1. The van der Waals surface area contributed by atoms with Crippen LogP contribution in [-0.2, 0) is 0 Å². The fraction of sp³-hybridized carbons (Fsp3) is 0.263. The highest BCUT2D eigenvalue weighted by Crippen LogP contribution is 2.30. The van der Waals surface area contributed by atoms with Gasteiger partial charge in [-0.1, -0.05) is 43.3 Å². The average molecular weight is 295 g/mol. The summed E-state index contributed by atoms with van der Waals surface area (Å²) in [7, 11) is 0. The molecule has 0 aliphatic heterocycles. The molecule has 0 saturated carbocycles. The molecule has 3 aromatic rings. The molecule has 1 N–H and O–H groups in total. The maximum absolute atomic E-state index is 3.70. The third-order valence-electron chi connectivity index (χ3n) is 3.92. The number of rotatable bonds is 5. The highest BCUT2D eigenvalue weighted by atomic mass is 32.1. The number of thiophene rings is 1. The predicted molar refractivity (Wildman–Crippen MR) is 93.1 cm³/mol. The number of aryl methyl sites for hydroxylation is 1. The second-order valence-electron chi connectivity index (χ2n) is 5.43. The first-order valence-corrected chi connectivity index (χ1v) is 8.43. The van der Waals surface area contributed by atoms with Crippen LogP contribution in [0.5, 0.6) is 0 Å². The molecule has 1 atom stereocenters. The van der Waals surface area contributed by atoms with E-state index in [1.165, 1.54) is 26.8 Å². The van der Waals surface area contributed by atoms with E-state index in [0.29, 0.717) is 6.04 Å². The Bertz CT molecular complexity index is 729. The first-order valence-electron chi connectivity index (χ1n) is 7.55. The molecule has 3 rings (SSSR count). The fourth-order valence-electron chi connectivity index (χ4n) is 2.78. The van der Waals surface area contributed by atoms with E-state index in [9.17, 15) is 0 Å². The van der Waals surface area contributed by atoms with Crippen LogP contribution < -0.4 is 5.32 Å². The summed E-state index contributed by atoms with van der Waals surface area (Å²) in [6, 6.07) is 17.9. The van der Waals surface area contributed by atoms with E-state index in [2.05, 4.69) is 73.1 Å². The number of hydrogen-bond acceptors (Lipinski definition) is 2. The molecule has 21 heavy (non-hydrogen) atoms. The summed E-state index contributed by atoms with van der Waals surface area (Å²) in [4.78, 5) is 1.40. The smallest absolute Gasteiger partial charge is 0.0587 e. The minimum Gasteiger partial charge on any atom is -0.306 e. The van der Waals surface area contributed by atoms with Crippen LogP contribution in [0.4, 0.5) is 0 Å². The summed E-state index contributed by atoms with van der Waals surface area (Å²) in [6.07, 6.45) is 1.15. The van der Waals surface area contributed by atoms with Crippen LogP contribution in [0.25, 0.3) is 10.8 Å². The highest BCUT2D eigenvalue weighted by molar-refractivity contribution is 7.10. The molecule has 0 bridgehead atoms. The zero-order chi connectivity index (χ0) is 14.7. The van der Waals surface area contributed by atoms with Crippen molar-refractivity contribution < 1.29 is 0 Å². The van der Waals surface area contributed by atoms with E-state index >= 15 is 0 Å². The monoisotopic (exact) mass is 295 g/mol. The minimum atomic E-state index is 0.292. The zero-order valence-electron chi connectivity index (χ0n) is 12.6. The van der Waals surface area contributed by atoms with Gasteiger partial charge >= 0.3 is 0 Å². The van der Waals surface area contributed by atoms with E-state index in [0.717, 1.165) is 13.0 Å². The molecule has 0 aliphatic carbocycles. The van der Waals surface area contributed by atoms with E-state index in [1.54, 1.807) is 0 Å². The van der Waals surface area contributed by atoms with Gasteiger partial charge in [-0.25, -0.2) is 0 Å². The topological polar surface area (TPSA) is 12.0 Å². The number of nitrogens with one attached hydrogen (secondary N) is 1. The lowest BCUT2D eigenvalue weighted by Gasteiger charge is -2.20. The van der Waals surface area contributed by atoms with Gasteiger partial charge in [0.2, 0.25) is 0 Å². The van der Waals surface area contributed by atoms with Crippen molar-refractivity contribution in [2.24, 2.45) is 0 Å². The first-order chi connectivity index (χ1) is 10.3. The Labute approximate surface area is 130 Å². The van der Waals surface area contributed by atoms with Gasteiger partial charge in [0.25, 0.3) is 0 Å². The van der Waals surface area contributed by atoms with Crippen LogP contribution in [-0.4, -0.2) is 6.54 Å². The van der Waals surface area contributed by atoms with Gasteiger partial charge in [0.15, 0.2) is 0 Å². The average Bonchev–Trinajstić information content (AvgIpc) is 2.94. The van der Waals surface area contributed by atoms with Gasteiger partial charge in [-0.2, -0.15) is 0 Å². The molecule has 0 spiro atoms. The number of hydrogen-bond donors (Lipinski definition) is 1. The second-order valence-corrected chi connectivity index (χ2v) is 6.55. The maximum atomic E-state index is 3.70. The van der Waals surface area contributed by atoms with Crippen LogP contribution in [0.1, 0.15) is 35.4 Å². The van der Waals surface area contributed by atoms with Crippen LogP contribution in [0.15, 0.2) is 53.9 Å². The van der Waals surface area contributed by atoms with Crippen LogP contribution in [0.3, 0.4) is 0 Å². The van der Waals surface area contributed by atoms with Crippen molar-refractivity contribution in [3.05, 3.63) is 69.9 Å². The zero-order valence-corrected chi connectivity index (χ0v) is 13.4. The van der Waals surface area contributed by atoms with Gasteiger partial charge in [-0.15, -0.1) is 11.3 Å². The summed E-state index contributed by atoms with van der Waals surface area (Å²) in [5.74, 6) is 0. The summed E-state index contributed by atoms with van der Waals surface area (Å²) < 4.78 is 0. The van der Waals surface area contributed by atoms with Gasteiger partial charge in [-0.3, -0.25) is 0 Å². The van der Waals surface area contributed by atoms with Crippen molar-refractivity contribution in [3.8, 4) is 0 Å². The molecule has 0 radical (unpaired) electrons. The van der Waals surface area contributed by atoms with Crippen LogP contribution in [0.2, 0.25) is 0 Å². The molecule has 1 unspecified atom stereocenters. The van der Waals surface area contributed by atoms with Gasteiger partial charge in [0.05, 0.1) is 6.04 Å². The van der Waals surface area contributed by atoms with E-state index in [4.69, 9.17) is 0 Å². The Morgan fingerprint density at radius 2 is 1.86 bits per heavy atom. The molecule has 2 heteroatoms. The Morgan fingerprint density at radius 3 is 2.57 bits per heavy atom. The molecular weight excluding hydrogens is 274 g/mol. The van der Waals surface area contributed by atoms with Gasteiger partial charge < -0.3 is 5.32 Å². The van der Waals surface area contributed by atoms with Gasteiger partial charge in [0.1, 0.15) is 0 Å². The molecule has 2 aromatic carbocycles. The summed E-state index contributed by atoms with van der Waals surface area (Å²) >= 11 is 1.82. The minimum absolute atomic E-state index is 0.292. The standard InChI is InChI=1S/C19H21NS/c1-3-11-20-19(18-10-12-21-14(18)2)17-9-8-15-6-4-5-7-16(15)13-17/h4-10,12-13,19-20H,3,11H2,1-2H3. The van der Waals surface area contributed by atoms with Crippen molar-refractivity contribution in [2.45, 2.75) is 26.3 Å². The quantitative estimate of drug-likeness (QED) is 0.673. The Balaban J connectivity index is 2.03. The Morgan fingerprint density at radius 1 is 1.05 bits per heavy atom. The third-order valence-corrected chi connectivity index (χ3v) is 4.78. The highest BCUT2D eigenvalue weighted by Gasteiger charge is 2.16.